The fourth-order valence-electron chi connectivity index (χ4n) is 3.14. The second-order valence-corrected chi connectivity index (χ2v) is 9.17. The lowest BCUT2D eigenvalue weighted by molar-refractivity contribution is -0.119. The van der Waals surface area contributed by atoms with Crippen LogP contribution in [0.15, 0.2) is 41.3 Å². The Morgan fingerprint density at radius 3 is 2.59 bits per heavy atom. The first kappa shape index (κ1) is 22.3. The SMILES string of the molecule is O=C(COC(=O)c1ccc2c(c1)OCO2)Nc1ccc(Cl)c(S(=O)(=O)N2CCOCC2)c1. The number of hydrogen-bond donors (Lipinski definition) is 1. The van der Waals surface area contributed by atoms with Gasteiger partial charge in [0.1, 0.15) is 4.90 Å². The third-order valence-electron chi connectivity index (χ3n) is 4.75. The van der Waals surface area contributed by atoms with Crippen molar-refractivity contribution in [3.05, 3.63) is 47.0 Å². The second kappa shape index (κ2) is 9.33. The average Bonchev–Trinajstić information content (AvgIpc) is 3.27. The lowest BCUT2D eigenvalue weighted by Gasteiger charge is -2.26. The molecular weight excluding hydrogens is 464 g/mol. The molecule has 0 spiro atoms. The predicted molar refractivity (Wildman–Crippen MR) is 113 cm³/mol. The number of benzene rings is 2. The van der Waals surface area contributed by atoms with E-state index in [2.05, 4.69) is 5.32 Å². The first-order chi connectivity index (χ1) is 15.3. The van der Waals surface area contributed by atoms with Gasteiger partial charge in [-0.1, -0.05) is 11.6 Å². The summed E-state index contributed by atoms with van der Waals surface area (Å²) < 4.78 is 47.6. The number of amides is 1. The lowest BCUT2D eigenvalue weighted by Crippen LogP contribution is -2.40. The van der Waals surface area contributed by atoms with Crippen LogP contribution in [0.1, 0.15) is 10.4 Å². The van der Waals surface area contributed by atoms with Gasteiger partial charge in [-0.2, -0.15) is 4.31 Å². The van der Waals surface area contributed by atoms with Crippen LogP contribution in [0.25, 0.3) is 0 Å². The largest absolute Gasteiger partial charge is 0.454 e. The van der Waals surface area contributed by atoms with Crippen molar-refractivity contribution in [1.29, 1.82) is 0 Å². The van der Waals surface area contributed by atoms with E-state index >= 15 is 0 Å². The highest BCUT2D eigenvalue weighted by atomic mass is 35.5. The van der Waals surface area contributed by atoms with Gasteiger partial charge in [-0.05, 0) is 36.4 Å². The molecule has 0 aliphatic carbocycles. The van der Waals surface area contributed by atoms with Gasteiger partial charge in [0.25, 0.3) is 5.91 Å². The van der Waals surface area contributed by atoms with E-state index in [1.807, 2.05) is 0 Å². The van der Waals surface area contributed by atoms with E-state index in [-0.39, 0.29) is 41.1 Å². The van der Waals surface area contributed by atoms with Gasteiger partial charge in [0, 0.05) is 18.8 Å². The number of sulfonamides is 1. The lowest BCUT2D eigenvalue weighted by atomic mass is 10.2. The van der Waals surface area contributed by atoms with Crippen LogP contribution < -0.4 is 14.8 Å². The zero-order chi connectivity index (χ0) is 22.7. The molecule has 32 heavy (non-hydrogen) atoms. The van der Waals surface area contributed by atoms with Gasteiger partial charge in [-0.15, -0.1) is 0 Å². The zero-order valence-corrected chi connectivity index (χ0v) is 18.3. The Morgan fingerprint density at radius 2 is 1.81 bits per heavy atom. The standard InChI is InChI=1S/C20H19ClN2O8S/c21-15-3-2-14(10-18(15)32(26,27)23-5-7-28-8-6-23)22-19(24)11-29-20(25)13-1-4-16-17(9-13)31-12-30-16/h1-4,9-10H,5-8,11-12H2,(H,22,24). The maximum absolute atomic E-state index is 12.9. The molecule has 1 fully saturated rings. The van der Waals surface area contributed by atoms with Gasteiger partial charge in [-0.25, -0.2) is 13.2 Å². The molecule has 0 radical (unpaired) electrons. The van der Waals surface area contributed by atoms with Gasteiger partial charge in [0.2, 0.25) is 16.8 Å². The van der Waals surface area contributed by atoms with E-state index in [9.17, 15) is 18.0 Å². The molecule has 170 valence electrons. The molecule has 2 aromatic carbocycles. The van der Waals surface area contributed by atoms with Crippen LogP contribution >= 0.6 is 11.6 Å². The molecule has 1 N–H and O–H groups in total. The van der Waals surface area contributed by atoms with Crippen LogP contribution in [-0.2, 0) is 24.3 Å². The summed E-state index contributed by atoms with van der Waals surface area (Å²) in [7, 11) is -3.86. The maximum Gasteiger partial charge on any atom is 0.338 e. The van der Waals surface area contributed by atoms with E-state index in [4.69, 9.17) is 30.5 Å². The Hall–Kier alpha value is -2.86. The minimum atomic E-state index is -3.86. The summed E-state index contributed by atoms with van der Waals surface area (Å²) in [5.41, 5.74) is 0.401. The van der Waals surface area contributed by atoms with E-state index in [1.54, 1.807) is 6.07 Å². The molecule has 10 nitrogen and oxygen atoms in total. The smallest absolute Gasteiger partial charge is 0.338 e. The number of ether oxygens (including phenoxy) is 4. The molecule has 4 rings (SSSR count). The summed E-state index contributed by atoms with van der Waals surface area (Å²) in [4.78, 5) is 24.3. The quantitative estimate of drug-likeness (QED) is 0.620. The topological polar surface area (TPSA) is 120 Å². The van der Waals surface area contributed by atoms with Crippen LogP contribution in [0, 0.1) is 0 Å². The minimum Gasteiger partial charge on any atom is -0.454 e. The van der Waals surface area contributed by atoms with Gasteiger partial charge in [0.05, 0.1) is 23.8 Å². The fourth-order valence-corrected chi connectivity index (χ4v) is 5.05. The number of morpholine rings is 1. The van der Waals surface area contributed by atoms with E-state index in [0.717, 1.165) is 0 Å². The molecule has 0 saturated carbocycles. The average molecular weight is 483 g/mol. The second-order valence-electron chi connectivity index (χ2n) is 6.85. The number of carbonyl (C=O) groups excluding carboxylic acids is 2. The summed E-state index contributed by atoms with van der Waals surface area (Å²) in [5.74, 6) is -0.426. The number of nitrogens with zero attached hydrogens (tertiary/aromatic N) is 1. The van der Waals surface area contributed by atoms with Crippen molar-refractivity contribution in [2.75, 3.05) is 45.0 Å². The molecule has 1 saturated heterocycles. The molecule has 0 bridgehead atoms. The molecule has 0 aromatic heterocycles. The molecule has 1 amide bonds. The third-order valence-corrected chi connectivity index (χ3v) is 7.13. The van der Waals surface area contributed by atoms with Crippen LogP contribution in [-0.4, -0.2) is 64.3 Å². The van der Waals surface area contributed by atoms with Crippen molar-refractivity contribution in [2.24, 2.45) is 0 Å². The summed E-state index contributed by atoms with van der Waals surface area (Å²) in [6.45, 7) is 0.516. The van der Waals surface area contributed by atoms with Crippen LogP contribution in [0.4, 0.5) is 5.69 Å². The molecule has 0 atom stereocenters. The first-order valence-electron chi connectivity index (χ1n) is 9.59. The molecule has 2 heterocycles. The first-order valence-corrected chi connectivity index (χ1v) is 11.4. The zero-order valence-electron chi connectivity index (χ0n) is 16.7. The van der Waals surface area contributed by atoms with Crippen molar-refractivity contribution >= 4 is 39.2 Å². The van der Waals surface area contributed by atoms with Crippen LogP contribution in [0.5, 0.6) is 11.5 Å². The summed E-state index contributed by atoms with van der Waals surface area (Å²) in [6.07, 6.45) is 0. The number of esters is 1. The van der Waals surface area contributed by atoms with Crippen molar-refractivity contribution in [2.45, 2.75) is 4.90 Å². The number of nitrogens with one attached hydrogen (secondary N) is 1. The fraction of sp³-hybridized carbons (Fsp3) is 0.300. The van der Waals surface area contributed by atoms with Crippen molar-refractivity contribution in [3.8, 4) is 11.5 Å². The van der Waals surface area contributed by atoms with Gasteiger partial charge < -0.3 is 24.3 Å². The van der Waals surface area contributed by atoms with Gasteiger partial charge >= 0.3 is 5.97 Å². The number of anilines is 1. The van der Waals surface area contributed by atoms with Crippen molar-refractivity contribution in [3.63, 3.8) is 0 Å². The van der Waals surface area contributed by atoms with Crippen molar-refractivity contribution in [1.82, 2.24) is 4.31 Å². The number of carbonyl (C=O) groups is 2. The van der Waals surface area contributed by atoms with E-state index in [1.165, 1.54) is 34.6 Å². The molecule has 2 aromatic rings. The Bertz CT molecular complexity index is 1150. The third kappa shape index (κ3) is 4.80. The molecular formula is C20H19ClN2O8S. The maximum atomic E-state index is 12.9. The van der Waals surface area contributed by atoms with E-state index < -0.39 is 28.5 Å². The number of hydrogen-bond acceptors (Lipinski definition) is 8. The molecule has 0 unspecified atom stereocenters. The summed E-state index contributed by atoms with van der Waals surface area (Å²) >= 11 is 6.11. The van der Waals surface area contributed by atoms with Gasteiger partial charge in [0.15, 0.2) is 18.1 Å². The Labute approximate surface area is 189 Å². The summed E-state index contributed by atoms with van der Waals surface area (Å²) in [6, 6.07) is 8.63. The van der Waals surface area contributed by atoms with Crippen molar-refractivity contribution < 1.29 is 37.0 Å². The molecule has 12 heteroatoms. The summed E-state index contributed by atoms with van der Waals surface area (Å²) in [5, 5.41) is 2.54. The Balaban J connectivity index is 1.39. The number of fused-ring (bicyclic) bond motifs is 1. The number of rotatable bonds is 6. The highest BCUT2D eigenvalue weighted by molar-refractivity contribution is 7.89. The van der Waals surface area contributed by atoms with E-state index in [0.29, 0.717) is 24.7 Å². The minimum absolute atomic E-state index is 0.0312. The molecule has 2 aliphatic rings. The normalized spacial score (nSPS) is 15.9. The monoisotopic (exact) mass is 482 g/mol. The van der Waals surface area contributed by atoms with Gasteiger partial charge in [-0.3, -0.25) is 4.79 Å². The number of halogens is 1. The Kier molecular flexibility index (Phi) is 6.51. The van der Waals surface area contributed by atoms with Crippen LogP contribution in [0.3, 0.4) is 0 Å². The Morgan fingerprint density at radius 1 is 1.06 bits per heavy atom. The predicted octanol–water partition coefficient (Wildman–Crippen LogP) is 1.89. The van der Waals surface area contributed by atoms with Crippen LogP contribution in [0.2, 0.25) is 5.02 Å². The molecule has 2 aliphatic heterocycles. The highest BCUT2D eigenvalue weighted by Crippen LogP contribution is 2.32. The highest BCUT2D eigenvalue weighted by Gasteiger charge is 2.28.